The standard InChI is InChI=1S/C28H31F3N8O2/c1-17-7-9-19(35-26(40)18-8-10-23(41-5)20(13-18)28(29,30)31)14-21(17)36-25-24-22(33-16-34-25)15-32-27(37-24)39(4)12-6-11-38(2)3/h7-10,13-16H,6,11-12H2,1-5H3,(H,35,40)(H,33,34,36). The van der Waals surface area contributed by atoms with Crippen LogP contribution in [0.15, 0.2) is 48.9 Å². The molecule has 10 nitrogen and oxygen atoms in total. The number of carbonyl (C=O) groups excluding carboxylic acids is 1. The fourth-order valence-corrected chi connectivity index (χ4v) is 4.08. The van der Waals surface area contributed by atoms with Gasteiger partial charge in [0.25, 0.3) is 5.91 Å². The second kappa shape index (κ2) is 12.3. The van der Waals surface area contributed by atoms with E-state index >= 15 is 0 Å². The average molecular weight is 569 g/mol. The fourth-order valence-electron chi connectivity index (χ4n) is 4.08. The number of aromatic nitrogens is 4. The third kappa shape index (κ3) is 7.17. The fraction of sp³-hybridized carbons (Fsp3) is 0.321. The van der Waals surface area contributed by atoms with Crippen molar-refractivity contribution < 1.29 is 22.7 Å². The van der Waals surface area contributed by atoms with E-state index in [9.17, 15) is 18.0 Å². The molecule has 4 rings (SSSR count). The van der Waals surface area contributed by atoms with Crippen LogP contribution in [0.2, 0.25) is 0 Å². The Labute approximate surface area is 235 Å². The van der Waals surface area contributed by atoms with Gasteiger partial charge in [0, 0.05) is 30.5 Å². The van der Waals surface area contributed by atoms with Crippen molar-refractivity contribution in [3.63, 3.8) is 0 Å². The van der Waals surface area contributed by atoms with Gasteiger partial charge in [0.05, 0.1) is 18.9 Å². The molecule has 0 atom stereocenters. The molecule has 0 saturated carbocycles. The van der Waals surface area contributed by atoms with E-state index in [1.54, 1.807) is 24.4 Å². The minimum Gasteiger partial charge on any atom is -0.496 e. The van der Waals surface area contributed by atoms with Crippen molar-refractivity contribution in [2.24, 2.45) is 0 Å². The van der Waals surface area contributed by atoms with Gasteiger partial charge in [0.2, 0.25) is 5.95 Å². The highest BCUT2D eigenvalue weighted by Gasteiger charge is 2.35. The number of ether oxygens (including phenoxy) is 1. The highest BCUT2D eigenvalue weighted by molar-refractivity contribution is 6.05. The SMILES string of the molecule is COc1ccc(C(=O)Nc2ccc(C)c(Nc3ncnc4cnc(N(C)CCCN(C)C)nc34)c2)cc1C(F)(F)F. The third-order valence-corrected chi connectivity index (χ3v) is 6.32. The molecule has 2 heterocycles. The lowest BCUT2D eigenvalue weighted by Crippen LogP contribution is -2.24. The van der Waals surface area contributed by atoms with E-state index in [2.05, 4.69) is 30.5 Å². The van der Waals surface area contributed by atoms with Crippen LogP contribution < -0.4 is 20.3 Å². The molecule has 0 spiro atoms. The molecule has 1 amide bonds. The smallest absolute Gasteiger partial charge is 0.419 e. The molecule has 216 valence electrons. The van der Waals surface area contributed by atoms with E-state index < -0.39 is 17.6 Å². The summed E-state index contributed by atoms with van der Waals surface area (Å²) >= 11 is 0. The topological polar surface area (TPSA) is 108 Å². The Morgan fingerprint density at radius 1 is 1.02 bits per heavy atom. The lowest BCUT2D eigenvalue weighted by molar-refractivity contribution is -0.138. The number of anilines is 4. The maximum atomic E-state index is 13.4. The van der Waals surface area contributed by atoms with E-state index in [1.165, 1.54) is 12.4 Å². The summed E-state index contributed by atoms with van der Waals surface area (Å²) in [4.78, 5) is 34.7. The third-order valence-electron chi connectivity index (χ3n) is 6.32. The zero-order valence-electron chi connectivity index (χ0n) is 23.4. The monoisotopic (exact) mass is 568 g/mol. The maximum Gasteiger partial charge on any atom is 0.419 e. The number of rotatable bonds is 10. The number of carbonyl (C=O) groups is 1. The van der Waals surface area contributed by atoms with Crippen molar-refractivity contribution in [3.05, 3.63) is 65.6 Å². The predicted octanol–water partition coefficient (Wildman–Crippen LogP) is 5.14. The zero-order valence-corrected chi connectivity index (χ0v) is 23.4. The van der Waals surface area contributed by atoms with E-state index in [0.29, 0.717) is 34.2 Å². The Morgan fingerprint density at radius 2 is 1.80 bits per heavy atom. The molecule has 41 heavy (non-hydrogen) atoms. The van der Waals surface area contributed by atoms with Gasteiger partial charge in [-0.2, -0.15) is 13.2 Å². The molecule has 0 aliphatic heterocycles. The molecular weight excluding hydrogens is 537 g/mol. The van der Waals surface area contributed by atoms with Gasteiger partial charge in [-0.3, -0.25) is 4.79 Å². The van der Waals surface area contributed by atoms with Crippen LogP contribution in [-0.4, -0.2) is 72.1 Å². The van der Waals surface area contributed by atoms with Crippen molar-refractivity contribution in [1.82, 2.24) is 24.8 Å². The first-order valence-corrected chi connectivity index (χ1v) is 12.7. The first-order chi connectivity index (χ1) is 19.5. The van der Waals surface area contributed by atoms with Gasteiger partial charge in [-0.15, -0.1) is 0 Å². The van der Waals surface area contributed by atoms with E-state index in [4.69, 9.17) is 9.72 Å². The Kier molecular flexibility index (Phi) is 8.86. The largest absolute Gasteiger partial charge is 0.496 e. The van der Waals surface area contributed by atoms with Crippen molar-refractivity contribution in [2.45, 2.75) is 19.5 Å². The minimum atomic E-state index is -4.67. The van der Waals surface area contributed by atoms with Gasteiger partial charge in [-0.1, -0.05) is 6.07 Å². The molecule has 0 unspecified atom stereocenters. The van der Waals surface area contributed by atoms with Gasteiger partial charge in [-0.25, -0.2) is 19.9 Å². The summed E-state index contributed by atoms with van der Waals surface area (Å²) in [6.07, 6.45) is -0.696. The summed E-state index contributed by atoms with van der Waals surface area (Å²) < 4.78 is 45.1. The normalized spacial score (nSPS) is 11.5. The molecule has 2 N–H and O–H groups in total. The zero-order chi connectivity index (χ0) is 29.7. The number of methoxy groups -OCH3 is 1. The number of benzene rings is 2. The maximum absolute atomic E-state index is 13.4. The summed E-state index contributed by atoms with van der Waals surface area (Å²) in [5.41, 5.74) is 1.72. The molecule has 13 heteroatoms. The van der Waals surface area contributed by atoms with Gasteiger partial charge in [-0.05, 0) is 69.9 Å². The lowest BCUT2D eigenvalue weighted by atomic mass is 10.1. The molecule has 0 radical (unpaired) electrons. The quantitative estimate of drug-likeness (QED) is 0.269. The summed E-state index contributed by atoms with van der Waals surface area (Å²) in [7, 11) is 7.11. The van der Waals surface area contributed by atoms with Crippen LogP contribution in [-0.2, 0) is 6.18 Å². The molecule has 2 aromatic carbocycles. The van der Waals surface area contributed by atoms with Crippen LogP contribution in [0.5, 0.6) is 5.75 Å². The van der Waals surface area contributed by atoms with E-state index in [0.717, 1.165) is 44.3 Å². The number of halogens is 3. The molecule has 0 aliphatic carbocycles. The number of hydrogen-bond acceptors (Lipinski definition) is 9. The summed E-state index contributed by atoms with van der Waals surface area (Å²) in [6, 6.07) is 8.27. The first-order valence-electron chi connectivity index (χ1n) is 12.7. The van der Waals surface area contributed by atoms with Gasteiger partial charge < -0.3 is 25.2 Å². The van der Waals surface area contributed by atoms with Gasteiger partial charge >= 0.3 is 6.18 Å². The second-order valence-corrected chi connectivity index (χ2v) is 9.73. The summed E-state index contributed by atoms with van der Waals surface area (Å²) in [5.74, 6) is -0.0868. The number of aryl methyl sites for hydroxylation is 1. The number of amides is 1. The average Bonchev–Trinajstić information content (AvgIpc) is 2.93. The predicted molar refractivity (Wildman–Crippen MR) is 152 cm³/mol. The van der Waals surface area contributed by atoms with Crippen molar-refractivity contribution in [3.8, 4) is 5.75 Å². The number of fused-ring (bicyclic) bond motifs is 1. The molecule has 4 aromatic rings. The second-order valence-electron chi connectivity index (χ2n) is 9.73. The number of nitrogens with one attached hydrogen (secondary N) is 2. The van der Waals surface area contributed by atoms with Crippen molar-refractivity contribution in [2.75, 3.05) is 56.9 Å². The molecule has 0 fully saturated rings. The number of hydrogen-bond donors (Lipinski definition) is 2. The molecule has 0 bridgehead atoms. The van der Waals surface area contributed by atoms with Crippen LogP contribution in [0.1, 0.15) is 27.9 Å². The number of alkyl halides is 3. The van der Waals surface area contributed by atoms with Crippen molar-refractivity contribution in [1.29, 1.82) is 0 Å². The molecular formula is C28H31F3N8O2. The Morgan fingerprint density at radius 3 is 2.51 bits per heavy atom. The Bertz CT molecular complexity index is 1550. The van der Waals surface area contributed by atoms with Crippen LogP contribution in [0.4, 0.5) is 36.3 Å². The van der Waals surface area contributed by atoms with Gasteiger partial charge in [0.1, 0.15) is 23.1 Å². The molecule has 2 aromatic heterocycles. The van der Waals surface area contributed by atoms with Crippen LogP contribution in [0, 0.1) is 6.92 Å². The first kappa shape index (κ1) is 29.5. The highest BCUT2D eigenvalue weighted by Crippen LogP contribution is 2.37. The molecule has 0 saturated heterocycles. The van der Waals surface area contributed by atoms with Crippen LogP contribution in [0.3, 0.4) is 0 Å². The Balaban J connectivity index is 1.57. The number of nitrogens with zero attached hydrogens (tertiary/aromatic N) is 6. The Hall–Kier alpha value is -4.52. The van der Waals surface area contributed by atoms with Crippen LogP contribution >= 0.6 is 0 Å². The van der Waals surface area contributed by atoms with Crippen molar-refractivity contribution >= 4 is 40.1 Å². The van der Waals surface area contributed by atoms with Gasteiger partial charge in [0.15, 0.2) is 5.82 Å². The van der Waals surface area contributed by atoms with Crippen LogP contribution in [0.25, 0.3) is 11.0 Å². The lowest BCUT2D eigenvalue weighted by Gasteiger charge is -2.19. The highest BCUT2D eigenvalue weighted by atomic mass is 19.4. The van der Waals surface area contributed by atoms with E-state index in [1.807, 2.05) is 33.0 Å². The minimum absolute atomic E-state index is 0.158. The molecule has 0 aliphatic rings. The summed E-state index contributed by atoms with van der Waals surface area (Å²) in [5, 5.41) is 5.91. The summed E-state index contributed by atoms with van der Waals surface area (Å²) in [6.45, 7) is 3.57. The van der Waals surface area contributed by atoms with E-state index in [-0.39, 0.29) is 11.3 Å².